The van der Waals surface area contributed by atoms with Gasteiger partial charge >= 0.3 is 6.03 Å². The van der Waals surface area contributed by atoms with Crippen LogP contribution in [0, 0.1) is 17.0 Å². The second kappa shape index (κ2) is 10.8. The lowest BCUT2D eigenvalue weighted by atomic mass is 10.1. The molecule has 0 spiro atoms. The van der Waals surface area contributed by atoms with E-state index in [0.29, 0.717) is 23.6 Å². The fourth-order valence-electron chi connectivity index (χ4n) is 3.06. The average Bonchev–Trinajstić information content (AvgIpc) is 3.30. The van der Waals surface area contributed by atoms with Gasteiger partial charge in [-0.25, -0.2) is 4.79 Å². The highest BCUT2D eigenvalue weighted by Gasteiger charge is 2.31. The predicted octanol–water partition coefficient (Wildman–Crippen LogP) is 5.42. The number of anilines is 2. The van der Waals surface area contributed by atoms with Crippen LogP contribution in [0.5, 0.6) is 5.75 Å². The third-order valence-electron chi connectivity index (χ3n) is 4.68. The summed E-state index contributed by atoms with van der Waals surface area (Å²) in [5, 5.41) is 20.3. The van der Waals surface area contributed by atoms with E-state index >= 15 is 0 Å². The number of nitrogens with one attached hydrogen (secondary N) is 2. The minimum atomic E-state index is -1.08. The van der Waals surface area contributed by atoms with Gasteiger partial charge in [0.15, 0.2) is 0 Å². The Morgan fingerprint density at radius 2 is 1.94 bits per heavy atom. The van der Waals surface area contributed by atoms with E-state index < -0.39 is 22.9 Å². The number of amides is 3. The quantitative estimate of drug-likeness (QED) is 0.223. The third-order valence-corrected chi connectivity index (χ3v) is 5.80. The summed E-state index contributed by atoms with van der Waals surface area (Å²) >= 11 is 5.64. The minimum absolute atomic E-state index is 0.0455. The van der Waals surface area contributed by atoms with Gasteiger partial charge in [-0.3, -0.25) is 19.2 Å². The first-order valence-electron chi connectivity index (χ1n) is 9.90. The smallest absolute Gasteiger partial charge is 0.332 e. The van der Waals surface area contributed by atoms with E-state index in [1.165, 1.54) is 29.5 Å². The van der Waals surface area contributed by atoms with Crippen molar-refractivity contribution in [2.45, 2.75) is 19.9 Å². The summed E-state index contributed by atoms with van der Waals surface area (Å²) < 4.78 is 6.21. The Balaban J connectivity index is 1.85. The van der Waals surface area contributed by atoms with E-state index in [4.69, 9.17) is 4.74 Å². The summed E-state index contributed by atoms with van der Waals surface area (Å²) in [7, 11) is 0. The number of para-hydroxylation sites is 1. The lowest BCUT2D eigenvalue weighted by Gasteiger charge is -2.26. The van der Waals surface area contributed by atoms with Gasteiger partial charge in [-0.2, -0.15) is 11.3 Å². The summed E-state index contributed by atoms with van der Waals surface area (Å²) in [6.07, 6.45) is 0. The van der Waals surface area contributed by atoms with Crippen LogP contribution < -0.4 is 15.4 Å². The molecule has 0 aliphatic heterocycles. The van der Waals surface area contributed by atoms with Gasteiger partial charge in [0, 0.05) is 5.69 Å². The highest BCUT2D eigenvalue weighted by molar-refractivity contribution is 7.78. The van der Waals surface area contributed by atoms with Gasteiger partial charge in [-0.05, 0) is 60.0 Å². The molecule has 0 aliphatic rings. The highest BCUT2D eigenvalue weighted by Crippen LogP contribution is 2.32. The van der Waals surface area contributed by atoms with E-state index in [1.807, 2.05) is 19.1 Å². The average molecular weight is 487 g/mol. The highest BCUT2D eigenvalue weighted by atomic mass is 32.1. The van der Waals surface area contributed by atoms with Gasteiger partial charge in [0.1, 0.15) is 17.5 Å². The number of rotatable bonds is 8. The molecular formula is C22H22N4O5S2. The first-order chi connectivity index (χ1) is 15.8. The van der Waals surface area contributed by atoms with Gasteiger partial charge in [0.25, 0.3) is 11.6 Å². The van der Waals surface area contributed by atoms with Crippen molar-refractivity contribution in [2.24, 2.45) is 0 Å². The Hall–Kier alpha value is -3.57. The fourth-order valence-corrected chi connectivity index (χ4v) is 4.03. The molecule has 33 heavy (non-hydrogen) atoms. The zero-order valence-electron chi connectivity index (χ0n) is 17.8. The molecule has 3 aromatic rings. The van der Waals surface area contributed by atoms with Crippen LogP contribution in [0.1, 0.15) is 24.1 Å². The number of thiol groups is 1. The molecule has 3 rings (SSSR count). The Labute approximate surface area is 200 Å². The largest absolute Gasteiger partial charge is 0.494 e. The van der Waals surface area contributed by atoms with Crippen LogP contribution in [-0.2, 0) is 4.79 Å². The lowest BCUT2D eigenvalue weighted by molar-refractivity contribution is -0.384. The van der Waals surface area contributed by atoms with Crippen LogP contribution in [0.2, 0.25) is 0 Å². The summed E-state index contributed by atoms with van der Waals surface area (Å²) in [6, 6.07) is 11.2. The maximum Gasteiger partial charge on any atom is 0.332 e. The number of ether oxygens (including phenoxy) is 1. The van der Waals surface area contributed by atoms with Crippen LogP contribution in [0.4, 0.5) is 21.9 Å². The maximum atomic E-state index is 13.2. The topological polar surface area (TPSA) is 114 Å². The molecule has 2 N–H and O–H groups in total. The summed E-state index contributed by atoms with van der Waals surface area (Å²) in [6.45, 7) is 3.95. The number of nitrogens with zero attached hydrogens (tertiary/aromatic N) is 2. The molecule has 1 atom stereocenters. The molecule has 0 radical (unpaired) electrons. The monoisotopic (exact) mass is 486 g/mol. The van der Waals surface area contributed by atoms with Crippen molar-refractivity contribution in [3.63, 3.8) is 0 Å². The fraction of sp³-hybridized carbons (Fsp3) is 0.182. The molecule has 3 amide bonds. The molecule has 0 bridgehead atoms. The van der Waals surface area contributed by atoms with Crippen molar-refractivity contribution in [1.29, 1.82) is 0 Å². The number of carbonyl (C=O) groups is 2. The second-order valence-corrected chi connectivity index (χ2v) is 8.12. The second-order valence-electron chi connectivity index (χ2n) is 6.91. The van der Waals surface area contributed by atoms with Gasteiger partial charge in [0.2, 0.25) is 0 Å². The standard InChI is InChI=1S/C22H22N4O5S2/c1-3-31-16-8-9-18(19(12-16)26(29)30)24-22(28)25(32)20(15-10-11-33-13-15)21(27)23-17-7-5-4-6-14(17)2/h4-13,20,32H,3H2,1-2H3,(H,23,27)(H,24,28). The van der Waals surface area contributed by atoms with E-state index in [-0.39, 0.29) is 11.4 Å². The lowest BCUT2D eigenvalue weighted by Crippen LogP contribution is -2.37. The van der Waals surface area contributed by atoms with E-state index in [0.717, 1.165) is 9.87 Å². The zero-order chi connectivity index (χ0) is 24.0. The maximum absolute atomic E-state index is 13.2. The number of nitro benzene ring substituents is 1. The summed E-state index contributed by atoms with van der Waals surface area (Å²) in [5.74, 6) is -0.173. The first kappa shape index (κ1) is 24.1. The normalized spacial score (nSPS) is 11.4. The van der Waals surface area contributed by atoms with E-state index in [1.54, 1.807) is 35.9 Å². The van der Waals surface area contributed by atoms with Crippen molar-refractivity contribution in [3.05, 3.63) is 80.5 Å². The number of nitro groups is 1. The zero-order valence-corrected chi connectivity index (χ0v) is 19.6. The number of benzene rings is 2. The number of hydrogen-bond acceptors (Lipinski definition) is 7. The molecule has 172 valence electrons. The Morgan fingerprint density at radius 1 is 1.18 bits per heavy atom. The van der Waals surface area contributed by atoms with Crippen LogP contribution in [0.3, 0.4) is 0 Å². The Bertz CT molecular complexity index is 1150. The number of urea groups is 1. The molecule has 9 nitrogen and oxygen atoms in total. The molecule has 11 heteroatoms. The molecule has 2 aromatic carbocycles. The van der Waals surface area contributed by atoms with Crippen LogP contribution in [0.15, 0.2) is 59.3 Å². The van der Waals surface area contributed by atoms with E-state index in [2.05, 4.69) is 23.4 Å². The van der Waals surface area contributed by atoms with Gasteiger partial charge in [-0.15, -0.1) is 0 Å². The molecule has 1 unspecified atom stereocenters. The van der Waals surface area contributed by atoms with Crippen LogP contribution in [-0.4, -0.2) is 27.8 Å². The SMILES string of the molecule is CCOc1ccc(NC(=O)N(S)C(C(=O)Nc2ccccc2C)c2ccsc2)c([N+](=O)[O-])c1. The van der Waals surface area contributed by atoms with Crippen molar-refractivity contribution in [3.8, 4) is 5.75 Å². The molecule has 1 aromatic heterocycles. The Morgan fingerprint density at radius 3 is 2.58 bits per heavy atom. The number of thiophene rings is 1. The van der Waals surface area contributed by atoms with Crippen molar-refractivity contribution < 1.29 is 19.2 Å². The summed E-state index contributed by atoms with van der Waals surface area (Å²) in [5.41, 5.74) is 1.63. The Kier molecular flexibility index (Phi) is 7.91. The predicted molar refractivity (Wildman–Crippen MR) is 131 cm³/mol. The number of aryl methyl sites for hydroxylation is 1. The van der Waals surface area contributed by atoms with Crippen LogP contribution >= 0.6 is 24.2 Å². The minimum Gasteiger partial charge on any atom is -0.494 e. The molecule has 1 heterocycles. The third kappa shape index (κ3) is 5.82. The first-order valence-corrected chi connectivity index (χ1v) is 11.2. The van der Waals surface area contributed by atoms with Crippen LogP contribution in [0.25, 0.3) is 0 Å². The van der Waals surface area contributed by atoms with Gasteiger partial charge in [-0.1, -0.05) is 31.0 Å². The molecule has 0 aliphatic carbocycles. The van der Waals surface area contributed by atoms with Crippen molar-refractivity contribution in [1.82, 2.24) is 4.31 Å². The van der Waals surface area contributed by atoms with Gasteiger partial charge < -0.3 is 15.4 Å². The van der Waals surface area contributed by atoms with Gasteiger partial charge in [0.05, 0.1) is 17.6 Å². The number of carbonyl (C=O) groups excluding carboxylic acids is 2. The molecule has 0 saturated carbocycles. The van der Waals surface area contributed by atoms with E-state index in [9.17, 15) is 19.7 Å². The molecular weight excluding hydrogens is 464 g/mol. The molecule has 0 fully saturated rings. The van der Waals surface area contributed by atoms with Crippen molar-refractivity contribution >= 4 is 53.2 Å². The number of hydrogen-bond donors (Lipinski definition) is 3. The summed E-state index contributed by atoms with van der Waals surface area (Å²) in [4.78, 5) is 37.0. The van der Waals surface area contributed by atoms with Crippen molar-refractivity contribution in [2.75, 3.05) is 17.2 Å². The molecule has 0 saturated heterocycles.